The monoisotopic (exact) mass is 354 g/mol. The van der Waals surface area contributed by atoms with Gasteiger partial charge in [0.2, 0.25) is 0 Å². The molecule has 0 radical (unpaired) electrons. The van der Waals surface area contributed by atoms with Crippen LogP contribution < -0.4 is 10.3 Å². The fraction of sp³-hybridized carbons (Fsp3) is 0.333. The molecule has 1 N–H and O–H groups in total. The number of aromatic nitrogens is 2. The molecule has 0 aromatic carbocycles. The minimum Gasteiger partial charge on any atom is -0.353 e. The number of hydrazone groups is 1. The summed E-state index contributed by atoms with van der Waals surface area (Å²) in [6.45, 7) is 5.54. The Balaban J connectivity index is 1.55. The van der Waals surface area contributed by atoms with Crippen LogP contribution in [-0.4, -0.2) is 51.9 Å². The van der Waals surface area contributed by atoms with Crippen LogP contribution in [0.15, 0.2) is 53.9 Å². The van der Waals surface area contributed by atoms with E-state index in [0.717, 1.165) is 49.8 Å². The summed E-state index contributed by atoms with van der Waals surface area (Å²) in [4.78, 5) is 13.2. The standard InChI is InChI=1S/C18H22N6S/c1-2-15(16-7-3-5-9-19-16)21-22-18(25)24-13-11-23(12-14-24)17-8-4-6-10-20-17/h3-10H,2,11-14H2,1H3,(H,22,25)/b21-15+. The number of piperazine rings is 1. The average molecular weight is 354 g/mol. The van der Waals surface area contributed by atoms with Crippen LogP contribution in [0.3, 0.4) is 0 Å². The highest BCUT2D eigenvalue weighted by Gasteiger charge is 2.19. The van der Waals surface area contributed by atoms with Gasteiger partial charge in [-0.25, -0.2) is 4.98 Å². The van der Waals surface area contributed by atoms with Gasteiger partial charge in [0.15, 0.2) is 5.11 Å². The first-order valence-electron chi connectivity index (χ1n) is 8.47. The predicted molar refractivity (Wildman–Crippen MR) is 105 cm³/mol. The molecule has 1 saturated heterocycles. The van der Waals surface area contributed by atoms with Crippen LogP contribution in [0.5, 0.6) is 0 Å². The molecule has 130 valence electrons. The van der Waals surface area contributed by atoms with Crippen molar-refractivity contribution < 1.29 is 0 Å². The van der Waals surface area contributed by atoms with Gasteiger partial charge in [0.1, 0.15) is 5.82 Å². The summed E-state index contributed by atoms with van der Waals surface area (Å²) < 4.78 is 0. The molecular weight excluding hydrogens is 332 g/mol. The average Bonchev–Trinajstić information content (AvgIpc) is 2.70. The number of pyridine rings is 2. The van der Waals surface area contributed by atoms with E-state index in [4.69, 9.17) is 12.2 Å². The van der Waals surface area contributed by atoms with Gasteiger partial charge >= 0.3 is 0 Å². The zero-order valence-electron chi connectivity index (χ0n) is 14.3. The lowest BCUT2D eigenvalue weighted by Gasteiger charge is -2.36. The van der Waals surface area contributed by atoms with E-state index < -0.39 is 0 Å². The lowest BCUT2D eigenvalue weighted by atomic mass is 10.2. The molecule has 2 aromatic heterocycles. The predicted octanol–water partition coefficient (Wildman–Crippen LogP) is 2.29. The summed E-state index contributed by atoms with van der Waals surface area (Å²) in [5.74, 6) is 1.02. The molecule has 6 nitrogen and oxygen atoms in total. The largest absolute Gasteiger partial charge is 0.353 e. The Morgan fingerprint density at radius 3 is 2.40 bits per heavy atom. The third kappa shape index (κ3) is 4.51. The zero-order valence-corrected chi connectivity index (χ0v) is 15.1. The Hall–Kier alpha value is -2.54. The van der Waals surface area contributed by atoms with Crippen LogP contribution in [-0.2, 0) is 0 Å². The number of hydrogen-bond acceptors (Lipinski definition) is 5. The molecule has 1 aliphatic rings. The van der Waals surface area contributed by atoms with Crippen LogP contribution >= 0.6 is 12.2 Å². The van der Waals surface area contributed by atoms with Gasteiger partial charge in [-0.1, -0.05) is 19.1 Å². The lowest BCUT2D eigenvalue weighted by Crippen LogP contribution is -2.51. The van der Waals surface area contributed by atoms with Crippen molar-refractivity contribution in [3.63, 3.8) is 0 Å². The molecule has 7 heteroatoms. The summed E-state index contributed by atoms with van der Waals surface area (Å²) in [6.07, 6.45) is 4.39. The number of nitrogens with zero attached hydrogens (tertiary/aromatic N) is 5. The van der Waals surface area contributed by atoms with E-state index in [1.807, 2.05) is 42.6 Å². The maximum absolute atomic E-state index is 5.50. The second-order valence-electron chi connectivity index (χ2n) is 5.71. The van der Waals surface area contributed by atoms with Crippen LogP contribution in [0.4, 0.5) is 5.82 Å². The van der Waals surface area contributed by atoms with Gasteiger partial charge < -0.3 is 9.80 Å². The Bertz CT molecular complexity index is 711. The van der Waals surface area contributed by atoms with E-state index in [1.165, 1.54) is 0 Å². The third-order valence-corrected chi connectivity index (χ3v) is 4.47. The van der Waals surface area contributed by atoms with Crippen molar-refractivity contribution >= 4 is 28.9 Å². The molecule has 1 fully saturated rings. The minimum absolute atomic E-state index is 0.655. The molecule has 0 saturated carbocycles. The van der Waals surface area contributed by atoms with Crippen LogP contribution in [0.25, 0.3) is 0 Å². The highest BCUT2D eigenvalue weighted by Crippen LogP contribution is 2.12. The highest BCUT2D eigenvalue weighted by molar-refractivity contribution is 7.80. The molecule has 3 heterocycles. The quantitative estimate of drug-likeness (QED) is 0.516. The number of anilines is 1. The number of thiocarbonyl (C=S) groups is 1. The van der Waals surface area contributed by atoms with E-state index in [-0.39, 0.29) is 0 Å². The number of nitrogens with one attached hydrogen (secondary N) is 1. The van der Waals surface area contributed by atoms with Crippen molar-refractivity contribution in [3.05, 3.63) is 54.5 Å². The van der Waals surface area contributed by atoms with Gasteiger partial charge in [-0.3, -0.25) is 10.4 Å². The first-order valence-corrected chi connectivity index (χ1v) is 8.87. The first-order chi connectivity index (χ1) is 12.3. The second-order valence-corrected chi connectivity index (χ2v) is 6.09. The van der Waals surface area contributed by atoms with Crippen LogP contribution in [0, 0.1) is 0 Å². The summed E-state index contributed by atoms with van der Waals surface area (Å²) >= 11 is 5.50. The van der Waals surface area contributed by atoms with Gasteiger partial charge in [-0.05, 0) is 42.9 Å². The first kappa shape index (κ1) is 17.3. The van der Waals surface area contributed by atoms with Crippen molar-refractivity contribution in [2.45, 2.75) is 13.3 Å². The molecule has 25 heavy (non-hydrogen) atoms. The Morgan fingerprint density at radius 1 is 1.08 bits per heavy atom. The minimum atomic E-state index is 0.655. The SMILES string of the molecule is CC/C(=N\NC(=S)N1CCN(c2ccccn2)CC1)c1ccccn1. The summed E-state index contributed by atoms with van der Waals surface area (Å²) in [7, 11) is 0. The van der Waals surface area contributed by atoms with Crippen molar-refractivity contribution in [1.82, 2.24) is 20.3 Å². The second kappa shape index (κ2) is 8.53. The van der Waals surface area contributed by atoms with Gasteiger partial charge in [0, 0.05) is 38.6 Å². The Kier molecular flexibility index (Phi) is 5.90. The van der Waals surface area contributed by atoms with Crippen LogP contribution in [0.1, 0.15) is 19.0 Å². The molecule has 3 rings (SSSR count). The molecule has 0 aliphatic carbocycles. The molecule has 0 bridgehead atoms. The van der Waals surface area contributed by atoms with E-state index in [1.54, 1.807) is 6.20 Å². The van der Waals surface area contributed by atoms with E-state index in [0.29, 0.717) is 5.11 Å². The summed E-state index contributed by atoms with van der Waals surface area (Å²) in [5, 5.41) is 5.12. The fourth-order valence-electron chi connectivity index (χ4n) is 2.72. The Labute approximate surface area is 153 Å². The molecule has 0 spiro atoms. The molecule has 0 atom stereocenters. The van der Waals surface area contributed by atoms with Crippen molar-refractivity contribution in [2.75, 3.05) is 31.1 Å². The summed E-state index contributed by atoms with van der Waals surface area (Å²) in [6, 6.07) is 11.8. The van der Waals surface area contributed by atoms with E-state index >= 15 is 0 Å². The van der Waals surface area contributed by atoms with Gasteiger partial charge in [-0.2, -0.15) is 5.10 Å². The highest BCUT2D eigenvalue weighted by atomic mass is 32.1. The van der Waals surface area contributed by atoms with Gasteiger partial charge in [0.05, 0.1) is 11.4 Å². The van der Waals surface area contributed by atoms with Gasteiger partial charge in [0.25, 0.3) is 0 Å². The molecule has 2 aromatic rings. The lowest BCUT2D eigenvalue weighted by molar-refractivity contribution is 0.380. The fourth-order valence-corrected chi connectivity index (χ4v) is 2.94. The molecular formula is C18H22N6S. The normalized spacial score (nSPS) is 15.2. The number of hydrogen-bond donors (Lipinski definition) is 1. The van der Waals surface area contributed by atoms with Crippen molar-refractivity contribution in [3.8, 4) is 0 Å². The van der Waals surface area contributed by atoms with E-state index in [9.17, 15) is 0 Å². The molecule has 0 unspecified atom stereocenters. The van der Waals surface area contributed by atoms with Gasteiger partial charge in [-0.15, -0.1) is 0 Å². The summed E-state index contributed by atoms with van der Waals surface area (Å²) in [5.41, 5.74) is 4.80. The van der Waals surface area contributed by atoms with Crippen molar-refractivity contribution in [2.24, 2.45) is 5.10 Å². The van der Waals surface area contributed by atoms with Crippen molar-refractivity contribution in [1.29, 1.82) is 0 Å². The topological polar surface area (TPSA) is 56.7 Å². The smallest absolute Gasteiger partial charge is 0.189 e. The molecule has 1 aliphatic heterocycles. The maximum atomic E-state index is 5.50. The van der Waals surface area contributed by atoms with Crippen LogP contribution in [0.2, 0.25) is 0 Å². The van der Waals surface area contributed by atoms with E-state index in [2.05, 4.69) is 37.2 Å². The Morgan fingerprint density at radius 2 is 1.80 bits per heavy atom. The maximum Gasteiger partial charge on any atom is 0.189 e. The third-order valence-electron chi connectivity index (χ3n) is 4.12. The zero-order chi connectivity index (χ0) is 17.5. The number of rotatable bonds is 4. The molecule has 0 amide bonds.